The molecule has 0 saturated carbocycles. The molecule has 124 valence electrons. The normalized spacial score (nSPS) is 13.8. The first-order valence-corrected chi connectivity index (χ1v) is 8.17. The Morgan fingerprint density at radius 3 is 2.76 bits per heavy atom. The second kappa shape index (κ2) is 5.66. The average Bonchev–Trinajstić information content (AvgIpc) is 2.87. The zero-order valence-electron chi connectivity index (χ0n) is 13.4. The van der Waals surface area contributed by atoms with E-state index in [2.05, 4.69) is 15.3 Å². The zero-order chi connectivity index (χ0) is 16.6. The molecule has 3 heterocycles. The maximum Gasteiger partial charge on any atom is 0.196 e. The van der Waals surface area contributed by atoms with Crippen LogP contribution < -0.4 is 14.8 Å². The summed E-state index contributed by atoms with van der Waals surface area (Å²) in [6.45, 7) is 1.32. The predicted molar refractivity (Wildman–Crippen MR) is 94.6 cm³/mol. The van der Waals surface area contributed by atoms with E-state index in [0.29, 0.717) is 24.6 Å². The van der Waals surface area contributed by atoms with Crippen molar-refractivity contribution in [3.05, 3.63) is 48.8 Å². The fraction of sp³-hybridized carbons (Fsp3) is 0.158. The molecule has 2 aromatic carbocycles. The van der Waals surface area contributed by atoms with Crippen LogP contribution in [-0.2, 0) is 0 Å². The molecule has 4 aromatic rings. The maximum absolute atomic E-state index is 5.94. The van der Waals surface area contributed by atoms with E-state index < -0.39 is 0 Å². The molecule has 0 atom stereocenters. The van der Waals surface area contributed by atoms with Gasteiger partial charge in [-0.1, -0.05) is 12.1 Å². The minimum Gasteiger partial charge on any atom is -0.490 e. The molecule has 0 saturated heterocycles. The van der Waals surface area contributed by atoms with Crippen LogP contribution in [0, 0.1) is 0 Å². The van der Waals surface area contributed by atoms with Gasteiger partial charge in [0.2, 0.25) is 0 Å². The molecular formula is C19H15N3O3. The molecule has 2 aromatic heterocycles. The molecule has 6 nitrogen and oxygen atoms in total. The number of benzene rings is 2. The molecule has 1 aliphatic rings. The van der Waals surface area contributed by atoms with Crippen LogP contribution in [0.5, 0.6) is 11.5 Å². The molecular weight excluding hydrogens is 318 g/mol. The number of hydrogen-bond donors (Lipinski definition) is 1. The molecule has 1 aliphatic heterocycles. The van der Waals surface area contributed by atoms with Gasteiger partial charge in [-0.25, -0.2) is 9.97 Å². The fourth-order valence-corrected chi connectivity index (χ4v) is 2.99. The highest BCUT2D eigenvalue weighted by molar-refractivity contribution is 6.05. The Balaban J connectivity index is 1.57. The predicted octanol–water partition coefficient (Wildman–Crippen LogP) is 4.28. The van der Waals surface area contributed by atoms with Crippen molar-refractivity contribution in [3.63, 3.8) is 0 Å². The molecule has 0 spiro atoms. The third kappa shape index (κ3) is 2.42. The van der Waals surface area contributed by atoms with Gasteiger partial charge in [0.05, 0.1) is 13.2 Å². The van der Waals surface area contributed by atoms with Crippen LogP contribution in [0.25, 0.3) is 22.1 Å². The van der Waals surface area contributed by atoms with E-state index in [9.17, 15) is 0 Å². The highest BCUT2D eigenvalue weighted by atomic mass is 16.5. The first kappa shape index (κ1) is 14.1. The number of nitrogens with zero attached hydrogens (tertiary/aromatic N) is 2. The third-order valence-electron chi connectivity index (χ3n) is 4.17. The fourth-order valence-electron chi connectivity index (χ4n) is 2.99. The van der Waals surface area contributed by atoms with E-state index in [4.69, 9.17) is 13.9 Å². The first-order chi connectivity index (χ1) is 12.4. The van der Waals surface area contributed by atoms with Crippen LogP contribution in [0.15, 0.2) is 53.2 Å². The Kier molecular flexibility index (Phi) is 3.19. The minimum atomic E-state index is 0.621. The summed E-state index contributed by atoms with van der Waals surface area (Å²) in [5, 5.41) is 4.27. The van der Waals surface area contributed by atoms with Gasteiger partial charge in [-0.2, -0.15) is 0 Å². The lowest BCUT2D eigenvalue weighted by molar-refractivity contribution is 0.297. The Morgan fingerprint density at radius 2 is 1.80 bits per heavy atom. The van der Waals surface area contributed by atoms with Crippen molar-refractivity contribution >= 4 is 33.6 Å². The Hall–Kier alpha value is -3.28. The van der Waals surface area contributed by atoms with E-state index >= 15 is 0 Å². The molecule has 0 radical (unpaired) electrons. The van der Waals surface area contributed by atoms with Gasteiger partial charge >= 0.3 is 0 Å². The van der Waals surface area contributed by atoms with E-state index in [1.165, 1.54) is 6.33 Å². The molecule has 0 fully saturated rings. The number of para-hydroxylation sites is 1. The van der Waals surface area contributed by atoms with E-state index in [-0.39, 0.29) is 0 Å². The van der Waals surface area contributed by atoms with Crippen molar-refractivity contribution in [3.8, 4) is 11.5 Å². The van der Waals surface area contributed by atoms with Gasteiger partial charge in [0.15, 0.2) is 22.9 Å². The highest BCUT2D eigenvalue weighted by Gasteiger charge is 2.15. The first-order valence-electron chi connectivity index (χ1n) is 8.17. The molecule has 5 rings (SSSR count). The summed E-state index contributed by atoms with van der Waals surface area (Å²) < 4.78 is 17.4. The molecule has 25 heavy (non-hydrogen) atoms. The van der Waals surface area contributed by atoms with Crippen molar-refractivity contribution in [2.45, 2.75) is 6.42 Å². The number of anilines is 2. The van der Waals surface area contributed by atoms with E-state index in [1.54, 1.807) is 0 Å². The second-order valence-electron chi connectivity index (χ2n) is 5.84. The van der Waals surface area contributed by atoms with Crippen LogP contribution >= 0.6 is 0 Å². The number of nitrogens with one attached hydrogen (secondary N) is 1. The quantitative estimate of drug-likeness (QED) is 0.590. The van der Waals surface area contributed by atoms with Gasteiger partial charge in [-0.15, -0.1) is 0 Å². The number of hydrogen-bond acceptors (Lipinski definition) is 6. The standard InChI is InChI=1S/C19H15N3O3/c1-2-5-14-13(4-1)17-18(25-14)19(21-11-20-17)22-12-6-7-15-16(10-12)24-9-3-8-23-15/h1-2,4-7,10-11H,3,8-9H2,(H,20,21,22). The van der Waals surface area contributed by atoms with E-state index in [0.717, 1.165) is 40.1 Å². The number of rotatable bonds is 2. The maximum atomic E-state index is 5.94. The molecule has 0 aliphatic carbocycles. The Bertz CT molecular complexity index is 1070. The summed E-state index contributed by atoms with van der Waals surface area (Å²) in [5.74, 6) is 2.12. The van der Waals surface area contributed by atoms with Gasteiger partial charge < -0.3 is 19.2 Å². The number of fused-ring (bicyclic) bond motifs is 4. The number of ether oxygens (including phenoxy) is 2. The Morgan fingerprint density at radius 1 is 0.920 bits per heavy atom. The lowest BCUT2D eigenvalue weighted by Gasteiger charge is -2.10. The SMILES string of the molecule is c1ccc2c(c1)oc1c(Nc3ccc4c(c3)OCCCO4)ncnc12. The second-order valence-corrected chi connectivity index (χ2v) is 5.84. The van der Waals surface area contributed by atoms with Crippen molar-refractivity contribution < 1.29 is 13.9 Å². The molecule has 0 amide bonds. The molecule has 0 unspecified atom stereocenters. The molecule has 0 bridgehead atoms. The summed E-state index contributed by atoms with van der Waals surface area (Å²) in [6, 6.07) is 13.6. The van der Waals surface area contributed by atoms with Gasteiger partial charge in [0, 0.05) is 23.6 Å². The molecule has 6 heteroatoms. The van der Waals surface area contributed by atoms with Gasteiger partial charge in [0.1, 0.15) is 17.4 Å². The Labute approximate surface area is 143 Å². The minimum absolute atomic E-state index is 0.621. The summed E-state index contributed by atoms with van der Waals surface area (Å²) in [4.78, 5) is 8.70. The van der Waals surface area contributed by atoms with Crippen molar-refractivity contribution in [2.24, 2.45) is 0 Å². The summed E-state index contributed by atoms with van der Waals surface area (Å²) >= 11 is 0. The van der Waals surface area contributed by atoms with Gasteiger partial charge in [-0.3, -0.25) is 0 Å². The summed E-state index contributed by atoms with van der Waals surface area (Å²) in [7, 11) is 0. The van der Waals surface area contributed by atoms with Crippen LogP contribution in [0.3, 0.4) is 0 Å². The van der Waals surface area contributed by atoms with Crippen molar-refractivity contribution in [2.75, 3.05) is 18.5 Å². The lowest BCUT2D eigenvalue weighted by atomic mass is 10.2. The van der Waals surface area contributed by atoms with Gasteiger partial charge in [-0.05, 0) is 24.3 Å². The number of furan rings is 1. The highest BCUT2D eigenvalue weighted by Crippen LogP contribution is 2.35. The average molecular weight is 333 g/mol. The topological polar surface area (TPSA) is 69.4 Å². The van der Waals surface area contributed by atoms with Crippen LogP contribution in [0.1, 0.15) is 6.42 Å². The van der Waals surface area contributed by atoms with Crippen LogP contribution in [-0.4, -0.2) is 23.2 Å². The van der Waals surface area contributed by atoms with Crippen LogP contribution in [0.2, 0.25) is 0 Å². The van der Waals surface area contributed by atoms with Crippen LogP contribution in [0.4, 0.5) is 11.5 Å². The summed E-state index contributed by atoms with van der Waals surface area (Å²) in [5.41, 5.74) is 3.07. The largest absolute Gasteiger partial charge is 0.490 e. The lowest BCUT2D eigenvalue weighted by Crippen LogP contribution is -1.97. The molecule has 1 N–H and O–H groups in total. The van der Waals surface area contributed by atoms with Crippen molar-refractivity contribution in [1.82, 2.24) is 9.97 Å². The zero-order valence-corrected chi connectivity index (χ0v) is 13.4. The van der Waals surface area contributed by atoms with Gasteiger partial charge in [0.25, 0.3) is 0 Å². The monoisotopic (exact) mass is 333 g/mol. The van der Waals surface area contributed by atoms with Crippen molar-refractivity contribution in [1.29, 1.82) is 0 Å². The smallest absolute Gasteiger partial charge is 0.196 e. The number of aromatic nitrogens is 2. The third-order valence-corrected chi connectivity index (χ3v) is 4.17. The van der Waals surface area contributed by atoms with E-state index in [1.807, 2.05) is 42.5 Å². The summed E-state index contributed by atoms with van der Waals surface area (Å²) in [6.07, 6.45) is 2.42.